The third-order valence-corrected chi connectivity index (χ3v) is 13.3. The molecule has 2 heterocycles. The molecule has 12 aromatic rings. The quantitative estimate of drug-likeness (QED) is 0.0798. The van der Waals surface area contributed by atoms with Gasteiger partial charge in [-0.15, -0.1) is 0 Å². The Morgan fingerprint density at radius 3 is 1.13 bits per heavy atom. The van der Waals surface area contributed by atoms with Crippen LogP contribution in [-0.4, -0.2) is 27.0 Å². The van der Waals surface area contributed by atoms with Crippen molar-refractivity contribution in [1.82, 2.24) is 0 Å². The number of hydrogen-bond donors (Lipinski definition) is 2. The first kappa shape index (κ1) is 49.9. The topological polar surface area (TPSA) is 66.7 Å². The van der Waals surface area contributed by atoms with E-state index in [-0.39, 0.29) is 0 Å². The minimum absolute atomic E-state index is 0.525. The molecule has 0 bridgehead atoms. The maximum atomic E-state index is 8.58. The fourth-order valence-electron chi connectivity index (χ4n) is 8.62. The van der Waals surface area contributed by atoms with Crippen molar-refractivity contribution in [3.63, 3.8) is 0 Å². The van der Waals surface area contributed by atoms with Crippen LogP contribution in [0.3, 0.4) is 0 Å². The third-order valence-electron chi connectivity index (χ3n) is 11.5. The molecule has 2 aromatic heterocycles. The molecular weight excluding hydrogens is 1310 g/mol. The SMILES string of the molecule is Brc1ccc(-c2c(-c3ccccc3)oc3c4ccccc4c4ccccc4c23)cc1.Brc1ccc(-c2c(I)oc3c4ccccc4c4ccccc4c23)cc1.CI.CI.OB(O)c1ccccc1. The number of rotatable bonds is 4. The lowest BCUT2D eigenvalue weighted by molar-refractivity contribution is 0.426. The number of benzene rings is 10. The summed E-state index contributed by atoms with van der Waals surface area (Å²) in [5, 5.41) is 29.3. The van der Waals surface area contributed by atoms with Gasteiger partial charge in [-0.05, 0) is 83.0 Å². The van der Waals surface area contributed by atoms with Gasteiger partial charge in [-0.2, -0.15) is 0 Å². The van der Waals surface area contributed by atoms with Crippen molar-refractivity contribution < 1.29 is 18.9 Å². The number of halogens is 5. The first-order valence-electron chi connectivity index (χ1n) is 21.5. The smallest absolute Gasteiger partial charge is 0.455 e. The van der Waals surface area contributed by atoms with E-state index in [4.69, 9.17) is 18.9 Å². The summed E-state index contributed by atoms with van der Waals surface area (Å²) in [5.41, 5.74) is 8.16. The van der Waals surface area contributed by atoms with Crippen molar-refractivity contribution >= 4 is 177 Å². The second-order valence-corrected chi connectivity index (χ2v) is 18.1. The first-order valence-corrected chi connectivity index (χ1v) is 28.4. The molecule has 4 nitrogen and oxygen atoms in total. The van der Waals surface area contributed by atoms with Crippen LogP contribution in [0.4, 0.5) is 0 Å². The Morgan fingerprint density at radius 1 is 0.368 bits per heavy atom. The predicted octanol–water partition coefficient (Wildman–Crippen LogP) is 18.1. The zero-order chi connectivity index (χ0) is 47.7. The minimum atomic E-state index is -1.34. The van der Waals surface area contributed by atoms with Crippen LogP contribution in [0.25, 0.3) is 98.6 Å². The number of alkyl halides is 2. The van der Waals surface area contributed by atoms with Gasteiger partial charge >= 0.3 is 7.12 Å². The van der Waals surface area contributed by atoms with E-state index in [1.54, 1.807) is 24.3 Å². The van der Waals surface area contributed by atoms with Crippen LogP contribution in [0.1, 0.15) is 0 Å². The summed E-state index contributed by atoms with van der Waals surface area (Å²) in [6.07, 6.45) is 0. The van der Waals surface area contributed by atoms with Crippen LogP contribution in [0.5, 0.6) is 0 Å². The van der Waals surface area contributed by atoms with E-state index in [0.29, 0.717) is 5.46 Å². The van der Waals surface area contributed by atoms with E-state index in [1.807, 2.05) is 22.0 Å². The van der Waals surface area contributed by atoms with Crippen molar-refractivity contribution in [2.75, 3.05) is 9.86 Å². The molecule has 336 valence electrons. The monoisotopic (exact) mass is 1350 g/mol. The van der Waals surface area contributed by atoms with Gasteiger partial charge in [0.15, 0.2) is 3.77 Å². The molecule has 0 amide bonds. The highest BCUT2D eigenvalue weighted by Gasteiger charge is 2.23. The van der Waals surface area contributed by atoms with Gasteiger partial charge in [0.05, 0.1) is 0 Å². The third kappa shape index (κ3) is 10.3. The Bertz CT molecular complexity index is 3620. The molecule has 0 radical (unpaired) electrons. The molecule has 0 aliphatic carbocycles. The maximum absolute atomic E-state index is 8.58. The molecule has 68 heavy (non-hydrogen) atoms. The lowest BCUT2D eigenvalue weighted by Gasteiger charge is -2.08. The summed E-state index contributed by atoms with van der Waals surface area (Å²) in [7, 11) is -1.34. The second kappa shape index (κ2) is 23.4. The summed E-state index contributed by atoms with van der Waals surface area (Å²) in [6.45, 7) is 0. The molecule has 0 aliphatic rings. The Kier molecular flexibility index (Phi) is 17.1. The van der Waals surface area contributed by atoms with Crippen LogP contribution >= 0.6 is 99.6 Å². The van der Waals surface area contributed by atoms with Gasteiger partial charge in [0.2, 0.25) is 0 Å². The lowest BCUT2D eigenvalue weighted by atomic mass is 9.81. The van der Waals surface area contributed by atoms with Gasteiger partial charge in [-0.1, -0.05) is 259 Å². The fraction of sp³-hybridized carbons (Fsp3) is 0.0345. The number of fused-ring (bicyclic) bond motifs is 12. The molecule has 12 rings (SSSR count). The molecule has 0 unspecified atom stereocenters. The normalized spacial score (nSPS) is 10.7. The van der Waals surface area contributed by atoms with E-state index in [9.17, 15) is 0 Å². The molecule has 0 saturated carbocycles. The molecule has 0 spiro atoms. The van der Waals surface area contributed by atoms with Crippen molar-refractivity contribution in [3.8, 4) is 33.6 Å². The zero-order valence-electron chi connectivity index (χ0n) is 36.8. The predicted molar refractivity (Wildman–Crippen MR) is 323 cm³/mol. The molecule has 0 fully saturated rings. The summed E-state index contributed by atoms with van der Waals surface area (Å²) >= 11 is 13.7. The van der Waals surface area contributed by atoms with E-state index in [2.05, 4.69) is 269 Å². The highest BCUT2D eigenvalue weighted by Crippen LogP contribution is 2.48. The van der Waals surface area contributed by atoms with Gasteiger partial charge in [0, 0.05) is 69.8 Å². The molecule has 10 aromatic carbocycles. The first-order chi connectivity index (χ1) is 33.4. The molecule has 0 saturated heterocycles. The Hall–Kier alpha value is -4.55. The summed E-state index contributed by atoms with van der Waals surface area (Å²) in [6, 6.07) is 70.2. The minimum Gasteiger partial charge on any atom is -0.455 e. The molecule has 2 N–H and O–H groups in total. The number of furan rings is 2. The highest BCUT2D eigenvalue weighted by atomic mass is 127. The largest absolute Gasteiger partial charge is 0.488 e. The standard InChI is InChI=1S/C28H17BrO.C22H12BrIO.C6H7BO2.2CH3I/c29-20-16-14-18(15-17-20)25-26-23-12-6-4-10-21(23)22-11-5-7-13-24(22)28(26)30-27(25)19-8-2-1-3-9-19;23-14-11-9-13(10-12-14)19-20-17-7-3-1-5-15(17)16-6-2-4-8-18(16)21(20)25-22(19)24;8-7(9)6-4-2-1-3-5-6;2*1-2/h1-17H;1-12H;1-5,8-9H;2*1H3. The van der Waals surface area contributed by atoms with Crippen molar-refractivity contribution in [2.45, 2.75) is 0 Å². The average Bonchev–Trinajstić information content (AvgIpc) is 3.98. The van der Waals surface area contributed by atoms with Crippen molar-refractivity contribution in [1.29, 1.82) is 0 Å². The van der Waals surface area contributed by atoms with Crippen LogP contribution < -0.4 is 5.46 Å². The van der Waals surface area contributed by atoms with E-state index < -0.39 is 7.12 Å². The van der Waals surface area contributed by atoms with Crippen LogP contribution in [0.2, 0.25) is 0 Å². The van der Waals surface area contributed by atoms with Gasteiger partial charge in [0.25, 0.3) is 0 Å². The van der Waals surface area contributed by atoms with E-state index >= 15 is 0 Å². The van der Waals surface area contributed by atoms with E-state index in [1.165, 1.54) is 54.2 Å². The van der Waals surface area contributed by atoms with Crippen LogP contribution in [-0.2, 0) is 0 Å². The second-order valence-electron chi connectivity index (χ2n) is 15.3. The number of hydrogen-bond acceptors (Lipinski definition) is 4. The van der Waals surface area contributed by atoms with Crippen LogP contribution in [0, 0.1) is 3.77 Å². The van der Waals surface area contributed by atoms with Crippen molar-refractivity contribution in [2.24, 2.45) is 0 Å². The zero-order valence-corrected chi connectivity index (χ0v) is 46.5. The Morgan fingerprint density at radius 2 is 0.706 bits per heavy atom. The Labute approximate surface area is 453 Å². The lowest BCUT2D eigenvalue weighted by Crippen LogP contribution is -2.29. The molecule has 0 aliphatic heterocycles. The van der Waals surface area contributed by atoms with Gasteiger partial charge < -0.3 is 18.9 Å². The summed E-state index contributed by atoms with van der Waals surface area (Å²) in [4.78, 5) is 3.94. The highest BCUT2D eigenvalue weighted by molar-refractivity contribution is 14.1. The summed E-state index contributed by atoms with van der Waals surface area (Å²) in [5.74, 6) is 0.912. The molecular formula is C58H42BBr2I3O4. The molecule has 10 heteroatoms. The van der Waals surface area contributed by atoms with Gasteiger partial charge in [0.1, 0.15) is 16.9 Å². The van der Waals surface area contributed by atoms with Gasteiger partial charge in [-0.3, -0.25) is 0 Å². The van der Waals surface area contributed by atoms with Crippen LogP contribution in [0.15, 0.2) is 224 Å². The Balaban J connectivity index is 0.000000148. The van der Waals surface area contributed by atoms with Gasteiger partial charge in [-0.25, -0.2) is 0 Å². The van der Waals surface area contributed by atoms with E-state index in [0.717, 1.165) is 57.1 Å². The maximum Gasteiger partial charge on any atom is 0.488 e. The summed E-state index contributed by atoms with van der Waals surface area (Å²) < 4.78 is 16.0. The molecule has 0 atom stereocenters. The fourth-order valence-corrected chi connectivity index (χ4v) is 9.95. The van der Waals surface area contributed by atoms with Crippen molar-refractivity contribution in [3.05, 3.63) is 219 Å². The average molecular weight is 1350 g/mol.